The number of nitro benzene ring substituents is 1. The molecule has 2 N–H and O–H groups in total. The number of ether oxygens (including phenoxy) is 1. The van der Waals surface area contributed by atoms with E-state index < -0.39 is 16.9 Å². The molecule has 1 heterocycles. The van der Waals surface area contributed by atoms with Crippen LogP contribution < -0.4 is 10.1 Å². The van der Waals surface area contributed by atoms with Crippen LogP contribution in [0.5, 0.6) is 5.75 Å². The van der Waals surface area contributed by atoms with Crippen LogP contribution in [0.15, 0.2) is 36.4 Å². The molecule has 0 aromatic heterocycles. The van der Waals surface area contributed by atoms with Gasteiger partial charge in [0.05, 0.1) is 17.6 Å². The van der Waals surface area contributed by atoms with Crippen molar-refractivity contribution in [2.75, 3.05) is 13.2 Å². The zero-order valence-corrected chi connectivity index (χ0v) is 13.8. The fourth-order valence-electron chi connectivity index (χ4n) is 2.67. The van der Waals surface area contributed by atoms with Crippen LogP contribution in [-0.4, -0.2) is 29.1 Å². The number of aliphatic hydroxyl groups is 1. The lowest BCUT2D eigenvalue weighted by Crippen LogP contribution is -2.29. The first kappa shape index (κ1) is 17.2. The maximum atomic E-state index is 12.2. The Morgan fingerprint density at radius 3 is 2.92 bits per heavy atom. The molecule has 3 rings (SSSR count). The molecule has 0 saturated carbocycles. The first-order chi connectivity index (χ1) is 12.0. The second-order valence-corrected chi connectivity index (χ2v) is 6.05. The lowest BCUT2D eigenvalue weighted by molar-refractivity contribution is -0.385. The number of carbonyl (C=O) groups excluding carboxylic acids is 1. The third kappa shape index (κ3) is 3.72. The highest BCUT2D eigenvalue weighted by molar-refractivity contribution is 6.31. The molecule has 1 unspecified atom stereocenters. The van der Waals surface area contributed by atoms with Crippen molar-refractivity contribution in [3.05, 3.63) is 68.2 Å². The van der Waals surface area contributed by atoms with Crippen molar-refractivity contribution in [3.8, 4) is 5.75 Å². The second kappa shape index (κ2) is 7.08. The minimum Gasteiger partial charge on any atom is -0.493 e. The summed E-state index contributed by atoms with van der Waals surface area (Å²) in [5.74, 6) is 0.132. The quantitative estimate of drug-likeness (QED) is 0.629. The summed E-state index contributed by atoms with van der Waals surface area (Å²) in [6, 6.07) is 9.09. The summed E-state index contributed by atoms with van der Waals surface area (Å²) in [6.45, 7) is 0.534. The number of nitrogens with zero attached hydrogens (tertiary/aromatic N) is 1. The van der Waals surface area contributed by atoms with E-state index in [1.54, 1.807) is 12.1 Å². The molecular weight excluding hydrogens is 348 g/mol. The lowest BCUT2D eigenvalue weighted by atomic mass is 10.0. The lowest BCUT2D eigenvalue weighted by Gasteiger charge is -2.13. The minimum absolute atomic E-state index is 0.0812. The summed E-state index contributed by atoms with van der Waals surface area (Å²) in [5, 5.41) is 24.0. The molecule has 0 spiro atoms. The fourth-order valence-corrected chi connectivity index (χ4v) is 2.84. The van der Waals surface area contributed by atoms with Gasteiger partial charge in [-0.1, -0.05) is 17.7 Å². The number of hydrogen-bond donors (Lipinski definition) is 2. The van der Waals surface area contributed by atoms with Crippen molar-refractivity contribution in [2.45, 2.75) is 12.5 Å². The van der Waals surface area contributed by atoms with Gasteiger partial charge in [0.1, 0.15) is 11.3 Å². The predicted octanol–water partition coefficient (Wildman–Crippen LogP) is 2.65. The van der Waals surface area contributed by atoms with Gasteiger partial charge in [0.2, 0.25) is 0 Å². The summed E-state index contributed by atoms with van der Waals surface area (Å²) < 4.78 is 5.41. The Morgan fingerprint density at radius 2 is 2.16 bits per heavy atom. The molecule has 2 aromatic carbocycles. The summed E-state index contributed by atoms with van der Waals surface area (Å²) in [4.78, 5) is 22.6. The van der Waals surface area contributed by atoms with E-state index in [4.69, 9.17) is 16.3 Å². The number of hydrogen-bond acceptors (Lipinski definition) is 5. The Hall–Kier alpha value is -2.64. The molecule has 2 aromatic rings. The molecule has 0 aliphatic carbocycles. The van der Waals surface area contributed by atoms with Gasteiger partial charge in [-0.15, -0.1) is 0 Å². The highest BCUT2D eigenvalue weighted by Crippen LogP contribution is 2.28. The Kier molecular flexibility index (Phi) is 4.87. The van der Waals surface area contributed by atoms with E-state index in [9.17, 15) is 20.0 Å². The summed E-state index contributed by atoms with van der Waals surface area (Å²) in [6.07, 6.45) is -0.162. The van der Waals surface area contributed by atoms with Crippen molar-refractivity contribution < 1.29 is 19.6 Å². The molecule has 0 radical (unpaired) electrons. The molecule has 1 aliphatic rings. The first-order valence-electron chi connectivity index (χ1n) is 7.61. The molecule has 0 saturated heterocycles. The van der Waals surface area contributed by atoms with Crippen LogP contribution in [0, 0.1) is 10.1 Å². The molecule has 0 bridgehead atoms. The molecule has 0 fully saturated rings. The van der Waals surface area contributed by atoms with E-state index >= 15 is 0 Å². The van der Waals surface area contributed by atoms with Crippen LogP contribution in [0.2, 0.25) is 5.02 Å². The molecular formula is C17H15ClN2O5. The van der Waals surface area contributed by atoms with E-state index in [2.05, 4.69) is 5.32 Å². The van der Waals surface area contributed by atoms with Crippen molar-refractivity contribution in [1.82, 2.24) is 5.32 Å². The minimum atomic E-state index is -0.937. The van der Waals surface area contributed by atoms with Crippen LogP contribution >= 0.6 is 11.6 Å². The van der Waals surface area contributed by atoms with E-state index in [1.165, 1.54) is 18.2 Å². The number of aliphatic hydroxyl groups excluding tert-OH is 1. The van der Waals surface area contributed by atoms with Gasteiger partial charge in [-0.05, 0) is 35.4 Å². The van der Waals surface area contributed by atoms with Crippen LogP contribution in [-0.2, 0) is 6.42 Å². The highest BCUT2D eigenvalue weighted by Gasteiger charge is 2.22. The van der Waals surface area contributed by atoms with E-state index in [1.807, 2.05) is 6.07 Å². The van der Waals surface area contributed by atoms with Crippen molar-refractivity contribution >= 4 is 23.2 Å². The number of nitrogens with one attached hydrogen (secondary N) is 1. The van der Waals surface area contributed by atoms with E-state index in [0.717, 1.165) is 17.7 Å². The molecule has 25 heavy (non-hydrogen) atoms. The number of fused-ring (bicyclic) bond motifs is 1. The zero-order valence-electron chi connectivity index (χ0n) is 13.1. The maximum Gasteiger partial charge on any atom is 0.282 e. The molecule has 8 heteroatoms. The third-order valence-corrected chi connectivity index (χ3v) is 4.19. The highest BCUT2D eigenvalue weighted by atomic mass is 35.5. The normalized spacial score (nSPS) is 13.7. The van der Waals surface area contributed by atoms with Gasteiger partial charge in [-0.2, -0.15) is 0 Å². The molecule has 1 amide bonds. The van der Waals surface area contributed by atoms with Gasteiger partial charge in [0.25, 0.3) is 11.6 Å². The predicted molar refractivity (Wildman–Crippen MR) is 91.0 cm³/mol. The van der Waals surface area contributed by atoms with Crippen LogP contribution in [0.25, 0.3) is 0 Å². The number of amides is 1. The van der Waals surface area contributed by atoms with Gasteiger partial charge in [0, 0.05) is 24.1 Å². The van der Waals surface area contributed by atoms with Gasteiger partial charge >= 0.3 is 0 Å². The van der Waals surface area contributed by atoms with Gasteiger partial charge in [0.15, 0.2) is 0 Å². The largest absolute Gasteiger partial charge is 0.493 e. The Bertz CT molecular complexity index is 840. The van der Waals surface area contributed by atoms with Gasteiger partial charge in [-0.3, -0.25) is 14.9 Å². The van der Waals surface area contributed by atoms with E-state index in [-0.39, 0.29) is 22.8 Å². The average molecular weight is 363 g/mol. The van der Waals surface area contributed by atoms with Crippen molar-refractivity contribution in [2.24, 2.45) is 0 Å². The number of carbonyl (C=O) groups is 1. The molecule has 1 atom stereocenters. The SMILES string of the molecule is O=C(NCC(O)c1ccc2c(c1)CCO2)c1cc(Cl)ccc1[N+](=O)[O-]. The summed E-state index contributed by atoms with van der Waals surface area (Å²) >= 11 is 5.81. The van der Waals surface area contributed by atoms with Crippen molar-refractivity contribution in [1.29, 1.82) is 0 Å². The van der Waals surface area contributed by atoms with Crippen molar-refractivity contribution in [3.63, 3.8) is 0 Å². The third-order valence-electron chi connectivity index (χ3n) is 3.95. The monoisotopic (exact) mass is 362 g/mol. The average Bonchev–Trinajstić information content (AvgIpc) is 3.06. The van der Waals surface area contributed by atoms with Crippen LogP contribution in [0.1, 0.15) is 27.6 Å². The Morgan fingerprint density at radius 1 is 1.36 bits per heavy atom. The van der Waals surface area contributed by atoms with E-state index in [0.29, 0.717) is 12.2 Å². The van der Waals surface area contributed by atoms with Crippen LogP contribution in [0.4, 0.5) is 5.69 Å². The molecule has 7 nitrogen and oxygen atoms in total. The number of benzene rings is 2. The molecule has 130 valence electrons. The fraction of sp³-hybridized carbons (Fsp3) is 0.235. The maximum absolute atomic E-state index is 12.2. The summed E-state index contributed by atoms with van der Waals surface area (Å²) in [5.41, 5.74) is 1.16. The zero-order chi connectivity index (χ0) is 18.0. The second-order valence-electron chi connectivity index (χ2n) is 5.61. The Balaban J connectivity index is 1.70. The van der Waals surface area contributed by atoms with Crippen LogP contribution in [0.3, 0.4) is 0 Å². The number of rotatable bonds is 5. The van der Waals surface area contributed by atoms with Gasteiger partial charge in [-0.25, -0.2) is 0 Å². The Labute approximate surface area is 148 Å². The summed E-state index contributed by atoms with van der Waals surface area (Å²) in [7, 11) is 0. The standard InChI is InChI=1S/C17H15ClN2O5/c18-12-2-3-14(20(23)24)13(8-12)17(22)19-9-15(21)10-1-4-16-11(7-10)5-6-25-16/h1-4,7-8,15,21H,5-6,9H2,(H,19,22). The number of halogens is 1. The smallest absolute Gasteiger partial charge is 0.282 e. The molecule has 1 aliphatic heterocycles. The first-order valence-corrected chi connectivity index (χ1v) is 7.99. The topological polar surface area (TPSA) is 102 Å². The number of nitro groups is 1. The van der Waals surface area contributed by atoms with Gasteiger partial charge < -0.3 is 15.2 Å².